The summed E-state index contributed by atoms with van der Waals surface area (Å²) in [4.78, 5) is 14.1. The maximum atomic E-state index is 12.4. The van der Waals surface area contributed by atoms with Gasteiger partial charge >= 0.3 is 0 Å². The quantitative estimate of drug-likeness (QED) is 0.905. The molecule has 5 nitrogen and oxygen atoms in total. The van der Waals surface area contributed by atoms with Crippen molar-refractivity contribution in [2.24, 2.45) is 5.92 Å². The molecule has 1 aliphatic heterocycles. The van der Waals surface area contributed by atoms with Crippen LogP contribution in [-0.4, -0.2) is 38.9 Å². The number of piperidine rings is 1. The Morgan fingerprint density at radius 3 is 2.42 bits per heavy atom. The van der Waals surface area contributed by atoms with Gasteiger partial charge in [-0.25, -0.2) is 13.1 Å². The summed E-state index contributed by atoms with van der Waals surface area (Å²) in [5.74, 6) is 0.320. The molecule has 1 fully saturated rings. The largest absolute Gasteiger partial charge is 0.341 e. The molecule has 0 radical (unpaired) electrons. The normalized spacial score (nSPS) is 19.3. The first-order valence-electron chi connectivity index (χ1n) is 8.47. The minimum Gasteiger partial charge on any atom is -0.341 e. The van der Waals surface area contributed by atoms with Gasteiger partial charge in [0.2, 0.25) is 15.9 Å². The lowest BCUT2D eigenvalue weighted by atomic mass is 9.87. The minimum absolute atomic E-state index is 0.0311. The summed E-state index contributed by atoms with van der Waals surface area (Å²) in [6.45, 7) is 9.58. The minimum atomic E-state index is -3.67. The van der Waals surface area contributed by atoms with Crippen LogP contribution in [0.3, 0.4) is 0 Å². The van der Waals surface area contributed by atoms with Gasteiger partial charge in [-0.2, -0.15) is 0 Å². The highest BCUT2D eigenvalue weighted by Gasteiger charge is 2.23. The molecule has 6 heteroatoms. The van der Waals surface area contributed by atoms with E-state index in [4.69, 9.17) is 0 Å². The van der Waals surface area contributed by atoms with Crippen molar-refractivity contribution in [3.63, 3.8) is 0 Å². The summed E-state index contributed by atoms with van der Waals surface area (Å²) < 4.78 is 27.2. The van der Waals surface area contributed by atoms with Crippen LogP contribution in [0.5, 0.6) is 0 Å². The number of likely N-dealkylation sites (tertiary alicyclic amines) is 1. The van der Waals surface area contributed by atoms with Gasteiger partial charge in [0, 0.05) is 13.1 Å². The zero-order valence-corrected chi connectivity index (χ0v) is 15.8. The maximum Gasteiger partial charge on any atom is 0.241 e. The third kappa shape index (κ3) is 4.80. The molecule has 1 saturated heterocycles. The Labute approximate surface area is 145 Å². The SMILES string of the molecule is CC1CCCN(C(=O)CNS(=O)(=O)c2ccc(C(C)(C)C)cc2)C1. The number of carbonyl (C=O) groups excluding carboxylic acids is 1. The van der Waals surface area contributed by atoms with Crippen LogP contribution in [0.25, 0.3) is 0 Å². The molecule has 0 spiro atoms. The van der Waals surface area contributed by atoms with Crippen molar-refractivity contribution < 1.29 is 13.2 Å². The molecule has 0 bridgehead atoms. The topological polar surface area (TPSA) is 66.5 Å². The molecule has 0 aromatic heterocycles. The number of rotatable bonds is 4. The Hall–Kier alpha value is -1.40. The van der Waals surface area contributed by atoms with Crippen molar-refractivity contribution in [3.05, 3.63) is 29.8 Å². The van der Waals surface area contributed by atoms with Crippen molar-refractivity contribution in [1.82, 2.24) is 9.62 Å². The molecule has 0 saturated carbocycles. The fourth-order valence-electron chi connectivity index (χ4n) is 2.90. The van der Waals surface area contributed by atoms with Crippen LogP contribution in [0.4, 0.5) is 0 Å². The second-order valence-corrected chi connectivity index (χ2v) is 9.45. The maximum absolute atomic E-state index is 12.4. The molecule has 1 aliphatic rings. The molecule has 1 unspecified atom stereocenters. The first-order chi connectivity index (χ1) is 11.1. The number of amides is 1. The van der Waals surface area contributed by atoms with Crippen LogP contribution in [0.2, 0.25) is 0 Å². The number of benzene rings is 1. The standard InChI is InChI=1S/C18H28N2O3S/c1-14-6-5-11-20(13-14)17(21)12-19-24(22,23)16-9-7-15(8-10-16)18(2,3)4/h7-10,14,19H,5-6,11-13H2,1-4H3. The number of sulfonamides is 1. The van der Waals surface area contributed by atoms with Crippen LogP contribution in [0.1, 0.15) is 46.1 Å². The molecular formula is C18H28N2O3S. The molecule has 1 amide bonds. The molecule has 1 atom stereocenters. The highest BCUT2D eigenvalue weighted by atomic mass is 32.2. The predicted octanol–water partition coefficient (Wildman–Crippen LogP) is 2.52. The first kappa shape index (κ1) is 18.9. The van der Waals surface area contributed by atoms with Gasteiger partial charge < -0.3 is 4.90 Å². The van der Waals surface area contributed by atoms with Crippen LogP contribution in [0, 0.1) is 5.92 Å². The summed E-state index contributed by atoms with van der Waals surface area (Å²) >= 11 is 0. The van der Waals surface area contributed by atoms with Crippen molar-refractivity contribution >= 4 is 15.9 Å². The molecule has 1 aromatic rings. The summed E-state index contributed by atoms with van der Waals surface area (Å²) in [6, 6.07) is 6.83. The van der Waals surface area contributed by atoms with E-state index in [0.29, 0.717) is 19.0 Å². The van der Waals surface area contributed by atoms with Crippen molar-refractivity contribution in [1.29, 1.82) is 0 Å². The van der Waals surface area contributed by atoms with Gasteiger partial charge in [0.25, 0.3) is 0 Å². The Bertz CT molecular complexity index is 675. The van der Waals surface area contributed by atoms with Gasteiger partial charge in [0.15, 0.2) is 0 Å². The number of hydrogen-bond donors (Lipinski definition) is 1. The molecule has 1 aromatic carbocycles. The lowest BCUT2D eigenvalue weighted by molar-refractivity contribution is -0.131. The monoisotopic (exact) mass is 352 g/mol. The van der Waals surface area contributed by atoms with Gasteiger partial charge in [0.05, 0.1) is 11.4 Å². The van der Waals surface area contributed by atoms with Gasteiger partial charge in [-0.3, -0.25) is 4.79 Å². The fraction of sp³-hybridized carbons (Fsp3) is 0.611. The highest BCUT2D eigenvalue weighted by Crippen LogP contribution is 2.23. The zero-order valence-electron chi connectivity index (χ0n) is 15.0. The van der Waals surface area contributed by atoms with Crippen molar-refractivity contribution in [2.75, 3.05) is 19.6 Å². The number of carbonyl (C=O) groups is 1. The van der Waals surface area contributed by atoms with Crippen molar-refractivity contribution in [3.8, 4) is 0 Å². The van der Waals surface area contributed by atoms with E-state index in [2.05, 4.69) is 32.4 Å². The average molecular weight is 353 g/mol. The number of hydrogen-bond acceptors (Lipinski definition) is 3. The summed E-state index contributed by atoms with van der Waals surface area (Å²) in [5.41, 5.74) is 1.04. The van der Waals surface area contributed by atoms with Gasteiger partial charge in [-0.15, -0.1) is 0 Å². The lowest BCUT2D eigenvalue weighted by Crippen LogP contribution is -2.44. The van der Waals surface area contributed by atoms with Crippen LogP contribution < -0.4 is 4.72 Å². The number of nitrogens with one attached hydrogen (secondary N) is 1. The number of nitrogens with zero attached hydrogens (tertiary/aromatic N) is 1. The van der Waals surface area contributed by atoms with E-state index in [0.717, 1.165) is 18.4 Å². The Balaban J connectivity index is 1.99. The molecule has 134 valence electrons. The Morgan fingerprint density at radius 2 is 1.88 bits per heavy atom. The smallest absolute Gasteiger partial charge is 0.241 e. The molecule has 1 N–H and O–H groups in total. The van der Waals surface area contributed by atoms with Crippen LogP contribution in [-0.2, 0) is 20.2 Å². The third-order valence-corrected chi connectivity index (χ3v) is 5.87. The molecule has 2 rings (SSSR count). The molecular weight excluding hydrogens is 324 g/mol. The fourth-order valence-corrected chi connectivity index (χ4v) is 3.88. The van der Waals surface area contributed by atoms with E-state index in [9.17, 15) is 13.2 Å². The van der Waals surface area contributed by atoms with E-state index >= 15 is 0 Å². The van der Waals surface area contributed by atoms with E-state index in [1.54, 1.807) is 17.0 Å². The second-order valence-electron chi connectivity index (χ2n) is 7.69. The summed E-state index contributed by atoms with van der Waals surface area (Å²) in [5, 5.41) is 0. The van der Waals surface area contributed by atoms with E-state index < -0.39 is 10.0 Å². The first-order valence-corrected chi connectivity index (χ1v) is 9.96. The Morgan fingerprint density at radius 1 is 1.25 bits per heavy atom. The second kappa shape index (κ2) is 7.23. The predicted molar refractivity (Wildman–Crippen MR) is 95.3 cm³/mol. The average Bonchev–Trinajstić information content (AvgIpc) is 2.52. The summed E-state index contributed by atoms with van der Waals surface area (Å²) in [6.07, 6.45) is 2.10. The highest BCUT2D eigenvalue weighted by molar-refractivity contribution is 7.89. The van der Waals surface area contributed by atoms with Gasteiger partial charge in [0.1, 0.15) is 0 Å². The van der Waals surface area contributed by atoms with Gasteiger partial charge in [-0.1, -0.05) is 39.8 Å². The van der Waals surface area contributed by atoms with E-state index in [1.807, 2.05) is 12.1 Å². The van der Waals surface area contributed by atoms with E-state index in [1.165, 1.54) is 0 Å². The van der Waals surface area contributed by atoms with Gasteiger partial charge in [-0.05, 0) is 41.9 Å². The van der Waals surface area contributed by atoms with E-state index in [-0.39, 0.29) is 22.8 Å². The third-order valence-electron chi connectivity index (χ3n) is 4.45. The van der Waals surface area contributed by atoms with Crippen LogP contribution >= 0.6 is 0 Å². The molecule has 1 heterocycles. The Kier molecular flexibility index (Phi) is 5.71. The zero-order chi connectivity index (χ0) is 18.0. The lowest BCUT2D eigenvalue weighted by Gasteiger charge is -2.31. The van der Waals surface area contributed by atoms with Crippen LogP contribution in [0.15, 0.2) is 29.2 Å². The molecule has 0 aliphatic carbocycles. The molecule has 24 heavy (non-hydrogen) atoms. The van der Waals surface area contributed by atoms with Crippen molar-refractivity contribution in [2.45, 2.75) is 50.8 Å². The summed E-state index contributed by atoms with van der Waals surface area (Å²) in [7, 11) is -3.67.